The normalized spacial score (nSPS) is 11.6. The maximum atomic E-state index is 5.36. The van der Waals surface area contributed by atoms with E-state index in [1.165, 1.54) is 6.33 Å². The number of aromatic nitrogens is 2. The molecule has 3 nitrogen and oxygen atoms in total. The van der Waals surface area contributed by atoms with Crippen LogP contribution < -0.4 is 5.73 Å². The monoisotopic (exact) mass is 149 g/mol. The zero-order valence-corrected chi connectivity index (χ0v) is 6.70. The standard InChI is InChI=1S/C8H11N3/c1-6(3-9)8-4-10-5-11-7(8)2/h3-5H,9H2,1-2H3/b6-3-. The summed E-state index contributed by atoms with van der Waals surface area (Å²) in [5.74, 6) is 0. The van der Waals surface area contributed by atoms with Crippen LogP contribution in [0.4, 0.5) is 0 Å². The van der Waals surface area contributed by atoms with Crippen LogP contribution in [-0.4, -0.2) is 9.97 Å². The summed E-state index contributed by atoms with van der Waals surface area (Å²) in [6.45, 7) is 3.87. The van der Waals surface area contributed by atoms with Crippen molar-refractivity contribution in [2.75, 3.05) is 0 Å². The van der Waals surface area contributed by atoms with Gasteiger partial charge in [0.05, 0.1) is 0 Å². The van der Waals surface area contributed by atoms with Crippen LogP contribution in [0, 0.1) is 6.92 Å². The molecule has 0 atom stereocenters. The first kappa shape index (κ1) is 7.72. The highest BCUT2D eigenvalue weighted by Gasteiger charge is 1.98. The summed E-state index contributed by atoms with van der Waals surface area (Å²) in [6.07, 6.45) is 4.86. The van der Waals surface area contributed by atoms with E-state index in [1.807, 2.05) is 13.8 Å². The summed E-state index contributed by atoms with van der Waals surface area (Å²) in [6, 6.07) is 0. The molecule has 11 heavy (non-hydrogen) atoms. The van der Waals surface area contributed by atoms with Crippen molar-refractivity contribution in [2.45, 2.75) is 13.8 Å². The Hall–Kier alpha value is -1.38. The summed E-state index contributed by atoms with van der Waals surface area (Å²) < 4.78 is 0. The maximum Gasteiger partial charge on any atom is 0.115 e. The van der Waals surface area contributed by atoms with E-state index in [2.05, 4.69) is 9.97 Å². The number of hydrogen-bond donors (Lipinski definition) is 1. The van der Waals surface area contributed by atoms with Crippen molar-refractivity contribution in [3.63, 3.8) is 0 Å². The van der Waals surface area contributed by atoms with Gasteiger partial charge < -0.3 is 5.73 Å². The molecular formula is C8H11N3. The summed E-state index contributed by atoms with van der Waals surface area (Å²) >= 11 is 0. The second kappa shape index (κ2) is 3.14. The number of aryl methyl sites for hydroxylation is 1. The van der Waals surface area contributed by atoms with Gasteiger partial charge in [0.2, 0.25) is 0 Å². The molecule has 0 spiro atoms. The first-order chi connectivity index (χ1) is 5.25. The van der Waals surface area contributed by atoms with E-state index in [0.717, 1.165) is 16.8 Å². The van der Waals surface area contributed by atoms with E-state index in [4.69, 9.17) is 5.73 Å². The minimum atomic E-state index is 0.958. The zero-order chi connectivity index (χ0) is 8.27. The molecule has 0 saturated carbocycles. The van der Waals surface area contributed by atoms with Crippen molar-refractivity contribution < 1.29 is 0 Å². The molecule has 2 N–H and O–H groups in total. The van der Waals surface area contributed by atoms with Gasteiger partial charge in [0, 0.05) is 17.5 Å². The number of rotatable bonds is 1. The van der Waals surface area contributed by atoms with Gasteiger partial charge in [-0.2, -0.15) is 0 Å². The van der Waals surface area contributed by atoms with Crippen molar-refractivity contribution in [3.05, 3.63) is 30.0 Å². The number of allylic oxidation sites excluding steroid dienone is 1. The molecule has 1 heterocycles. The zero-order valence-electron chi connectivity index (χ0n) is 6.70. The first-order valence-electron chi connectivity index (χ1n) is 3.41. The number of nitrogens with two attached hydrogens (primary N) is 1. The van der Waals surface area contributed by atoms with Gasteiger partial charge in [-0.15, -0.1) is 0 Å². The van der Waals surface area contributed by atoms with Crippen LogP contribution in [-0.2, 0) is 0 Å². The Balaban J connectivity index is 3.14. The second-order valence-electron chi connectivity index (χ2n) is 2.37. The molecule has 58 valence electrons. The Morgan fingerprint density at radius 2 is 2.36 bits per heavy atom. The van der Waals surface area contributed by atoms with E-state index in [0.29, 0.717) is 0 Å². The lowest BCUT2D eigenvalue weighted by Gasteiger charge is -2.01. The van der Waals surface area contributed by atoms with Crippen molar-refractivity contribution in [1.29, 1.82) is 0 Å². The van der Waals surface area contributed by atoms with Crippen LogP contribution in [0.2, 0.25) is 0 Å². The molecule has 1 aromatic rings. The molecule has 0 amide bonds. The molecule has 3 heteroatoms. The molecule has 0 aliphatic carbocycles. The van der Waals surface area contributed by atoms with Crippen LogP contribution in [0.15, 0.2) is 18.7 Å². The van der Waals surface area contributed by atoms with Crippen molar-refractivity contribution in [1.82, 2.24) is 9.97 Å². The topological polar surface area (TPSA) is 51.8 Å². The molecule has 0 radical (unpaired) electrons. The average Bonchev–Trinajstić information content (AvgIpc) is 2.04. The summed E-state index contributed by atoms with van der Waals surface area (Å²) in [5.41, 5.74) is 8.33. The van der Waals surface area contributed by atoms with Crippen LogP contribution in [0.1, 0.15) is 18.2 Å². The van der Waals surface area contributed by atoms with Gasteiger partial charge in [-0.25, -0.2) is 9.97 Å². The van der Waals surface area contributed by atoms with E-state index < -0.39 is 0 Å². The average molecular weight is 149 g/mol. The lowest BCUT2D eigenvalue weighted by molar-refractivity contribution is 1.08. The van der Waals surface area contributed by atoms with E-state index in [-0.39, 0.29) is 0 Å². The quantitative estimate of drug-likeness (QED) is 0.650. The highest BCUT2D eigenvalue weighted by atomic mass is 14.8. The van der Waals surface area contributed by atoms with Crippen LogP contribution in [0.5, 0.6) is 0 Å². The highest BCUT2D eigenvalue weighted by Crippen LogP contribution is 2.12. The van der Waals surface area contributed by atoms with Gasteiger partial charge in [-0.05, 0) is 25.6 Å². The maximum absolute atomic E-state index is 5.36. The van der Waals surface area contributed by atoms with Gasteiger partial charge in [0.25, 0.3) is 0 Å². The van der Waals surface area contributed by atoms with Gasteiger partial charge in [-0.1, -0.05) is 0 Å². The Morgan fingerprint density at radius 1 is 1.64 bits per heavy atom. The fourth-order valence-corrected chi connectivity index (χ4v) is 0.868. The largest absolute Gasteiger partial charge is 0.404 e. The Labute approximate surface area is 66.0 Å². The molecule has 0 aliphatic rings. The predicted molar refractivity (Wildman–Crippen MR) is 44.6 cm³/mol. The molecule has 1 aromatic heterocycles. The molecule has 0 aliphatic heterocycles. The van der Waals surface area contributed by atoms with Crippen LogP contribution in [0.3, 0.4) is 0 Å². The molecule has 0 fully saturated rings. The number of hydrogen-bond acceptors (Lipinski definition) is 3. The van der Waals surface area contributed by atoms with Crippen molar-refractivity contribution >= 4 is 5.57 Å². The van der Waals surface area contributed by atoms with Crippen molar-refractivity contribution in [3.8, 4) is 0 Å². The Bertz CT molecular complexity index is 278. The summed E-state index contributed by atoms with van der Waals surface area (Å²) in [7, 11) is 0. The van der Waals surface area contributed by atoms with Gasteiger partial charge in [-0.3, -0.25) is 0 Å². The van der Waals surface area contributed by atoms with Crippen LogP contribution >= 0.6 is 0 Å². The molecule has 0 unspecified atom stereocenters. The lowest BCUT2D eigenvalue weighted by Crippen LogP contribution is -1.93. The predicted octanol–water partition coefficient (Wildman–Crippen LogP) is 1.10. The van der Waals surface area contributed by atoms with E-state index in [9.17, 15) is 0 Å². The van der Waals surface area contributed by atoms with Crippen LogP contribution in [0.25, 0.3) is 5.57 Å². The van der Waals surface area contributed by atoms with Gasteiger partial charge in [0.15, 0.2) is 0 Å². The first-order valence-corrected chi connectivity index (χ1v) is 3.41. The summed E-state index contributed by atoms with van der Waals surface area (Å²) in [4.78, 5) is 7.95. The molecule has 0 saturated heterocycles. The molecule has 1 rings (SSSR count). The fraction of sp³-hybridized carbons (Fsp3) is 0.250. The SMILES string of the molecule is C/C(=C/N)c1cncnc1C. The van der Waals surface area contributed by atoms with Crippen molar-refractivity contribution in [2.24, 2.45) is 5.73 Å². The minimum Gasteiger partial charge on any atom is -0.404 e. The minimum absolute atomic E-state index is 0.958. The van der Waals surface area contributed by atoms with E-state index in [1.54, 1.807) is 12.4 Å². The van der Waals surface area contributed by atoms with Gasteiger partial charge in [0.1, 0.15) is 6.33 Å². The fourth-order valence-electron chi connectivity index (χ4n) is 0.868. The smallest absolute Gasteiger partial charge is 0.115 e. The van der Waals surface area contributed by atoms with E-state index >= 15 is 0 Å². The third-order valence-electron chi connectivity index (χ3n) is 1.59. The lowest BCUT2D eigenvalue weighted by atomic mass is 10.1. The molecule has 0 aromatic carbocycles. The Morgan fingerprint density at radius 3 is 2.91 bits per heavy atom. The third-order valence-corrected chi connectivity index (χ3v) is 1.59. The summed E-state index contributed by atoms with van der Waals surface area (Å²) in [5, 5.41) is 0. The molecular weight excluding hydrogens is 138 g/mol. The second-order valence-corrected chi connectivity index (χ2v) is 2.37. The van der Waals surface area contributed by atoms with Gasteiger partial charge >= 0.3 is 0 Å². The third kappa shape index (κ3) is 1.55. The highest BCUT2D eigenvalue weighted by molar-refractivity contribution is 5.63. The Kier molecular flexibility index (Phi) is 2.21. The molecule has 0 bridgehead atoms. The number of nitrogens with zero attached hydrogens (tertiary/aromatic N) is 2.